The molecule has 0 bridgehead atoms. The molecule has 2 N–H and O–H groups in total. The summed E-state index contributed by atoms with van der Waals surface area (Å²) < 4.78 is 5.75. The van der Waals surface area contributed by atoms with Crippen LogP contribution in [-0.4, -0.2) is 9.97 Å². The van der Waals surface area contributed by atoms with Crippen LogP contribution in [0.15, 0.2) is 34.7 Å². The van der Waals surface area contributed by atoms with Crippen LogP contribution in [-0.2, 0) is 6.42 Å². The van der Waals surface area contributed by atoms with Gasteiger partial charge in [-0.05, 0) is 19.4 Å². The van der Waals surface area contributed by atoms with Crippen molar-refractivity contribution in [3.05, 3.63) is 41.8 Å². The molecule has 0 fully saturated rings. The van der Waals surface area contributed by atoms with E-state index in [1.54, 1.807) is 6.07 Å². The second-order valence-corrected chi connectivity index (χ2v) is 4.49. The van der Waals surface area contributed by atoms with Crippen molar-refractivity contribution in [2.75, 3.05) is 5.73 Å². The summed E-state index contributed by atoms with van der Waals surface area (Å²) in [6.07, 6.45) is 0.828. The summed E-state index contributed by atoms with van der Waals surface area (Å²) in [5, 5.41) is 1.02. The molecule has 0 saturated heterocycles. The van der Waals surface area contributed by atoms with Gasteiger partial charge in [-0.25, -0.2) is 9.97 Å². The second kappa shape index (κ2) is 4.39. The Morgan fingerprint density at radius 2 is 2.00 bits per heavy atom. The number of hydrogen-bond donors (Lipinski definition) is 1. The van der Waals surface area contributed by atoms with Gasteiger partial charge in [-0.3, -0.25) is 0 Å². The Balaban J connectivity index is 2.29. The first-order valence-corrected chi connectivity index (χ1v) is 6.31. The maximum absolute atomic E-state index is 5.85. The summed E-state index contributed by atoms with van der Waals surface area (Å²) in [5.41, 5.74) is 8.57. The number of nitrogen functional groups attached to an aromatic ring is 1. The molecule has 0 aliphatic rings. The number of furan rings is 1. The van der Waals surface area contributed by atoms with Gasteiger partial charge in [-0.2, -0.15) is 0 Å². The number of nitrogens with two attached hydrogens (primary N) is 1. The van der Waals surface area contributed by atoms with E-state index in [4.69, 9.17) is 10.2 Å². The van der Waals surface area contributed by atoms with Crippen molar-refractivity contribution in [3.8, 4) is 11.4 Å². The van der Waals surface area contributed by atoms with Crippen molar-refractivity contribution in [2.45, 2.75) is 20.3 Å². The van der Waals surface area contributed by atoms with Gasteiger partial charge in [0, 0.05) is 17.1 Å². The molecule has 1 aromatic carbocycles. The SMILES string of the molecule is CCc1cc(N)nc(-c2c(C)oc3ccccc23)n1. The average Bonchev–Trinajstić information content (AvgIpc) is 2.73. The molecular formula is C15H15N3O. The Kier molecular flexibility index (Phi) is 2.71. The molecule has 19 heavy (non-hydrogen) atoms. The molecule has 0 amide bonds. The molecule has 96 valence electrons. The molecule has 0 spiro atoms. The van der Waals surface area contributed by atoms with Crippen LogP contribution >= 0.6 is 0 Å². The molecule has 0 aliphatic heterocycles. The number of aryl methyl sites for hydroxylation is 2. The van der Waals surface area contributed by atoms with Gasteiger partial charge in [-0.1, -0.05) is 25.1 Å². The van der Waals surface area contributed by atoms with E-state index in [0.29, 0.717) is 11.6 Å². The molecule has 4 nitrogen and oxygen atoms in total. The fourth-order valence-electron chi connectivity index (χ4n) is 2.26. The first-order chi connectivity index (χ1) is 9.19. The number of aromatic nitrogens is 2. The molecule has 4 heteroatoms. The number of fused-ring (bicyclic) bond motifs is 1. The topological polar surface area (TPSA) is 64.9 Å². The van der Waals surface area contributed by atoms with Crippen molar-refractivity contribution in [3.63, 3.8) is 0 Å². The molecule has 2 aromatic heterocycles. The molecule has 2 heterocycles. The van der Waals surface area contributed by atoms with Gasteiger partial charge >= 0.3 is 0 Å². The van der Waals surface area contributed by atoms with E-state index in [-0.39, 0.29) is 0 Å². The monoisotopic (exact) mass is 253 g/mol. The first-order valence-electron chi connectivity index (χ1n) is 6.31. The normalized spacial score (nSPS) is 11.1. The fourth-order valence-corrected chi connectivity index (χ4v) is 2.26. The summed E-state index contributed by atoms with van der Waals surface area (Å²) >= 11 is 0. The van der Waals surface area contributed by atoms with Crippen molar-refractivity contribution in [2.24, 2.45) is 0 Å². The number of anilines is 1. The predicted molar refractivity (Wildman–Crippen MR) is 75.8 cm³/mol. The minimum Gasteiger partial charge on any atom is -0.461 e. The minimum absolute atomic E-state index is 0.492. The van der Waals surface area contributed by atoms with E-state index in [9.17, 15) is 0 Å². The van der Waals surface area contributed by atoms with Crippen LogP contribution in [0.1, 0.15) is 18.4 Å². The van der Waals surface area contributed by atoms with Crippen LogP contribution in [0.3, 0.4) is 0 Å². The van der Waals surface area contributed by atoms with Gasteiger partial charge in [0.05, 0.1) is 5.56 Å². The second-order valence-electron chi connectivity index (χ2n) is 4.49. The number of rotatable bonds is 2. The summed E-state index contributed by atoms with van der Waals surface area (Å²) in [6, 6.07) is 9.69. The minimum atomic E-state index is 0.492. The molecule has 0 unspecified atom stereocenters. The van der Waals surface area contributed by atoms with Crippen LogP contribution in [0, 0.1) is 6.92 Å². The van der Waals surface area contributed by atoms with Crippen LogP contribution in [0.5, 0.6) is 0 Å². The zero-order valence-electron chi connectivity index (χ0n) is 11.0. The lowest BCUT2D eigenvalue weighted by atomic mass is 10.1. The Morgan fingerprint density at radius 3 is 2.79 bits per heavy atom. The molecule has 0 saturated carbocycles. The van der Waals surface area contributed by atoms with Crippen LogP contribution in [0.25, 0.3) is 22.4 Å². The molecule has 3 aromatic rings. The molecule has 3 rings (SSSR count). The van der Waals surface area contributed by atoms with Gasteiger partial charge < -0.3 is 10.2 Å². The van der Waals surface area contributed by atoms with E-state index < -0.39 is 0 Å². The Bertz CT molecular complexity index is 746. The Hall–Kier alpha value is -2.36. The molecule has 0 radical (unpaired) electrons. The van der Waals surface area contributed by atoms with Crippen molar-refractivity contribution >= 4 is 16.8 Å². The lowest BCUT2D eigenvalue weighted by Gasteiger charge is -2.03. The average molecular weight is 253 g/mol. The predicted octanol–water partition coefficient (Wildman–Crippen LogP) is 3.34. The van der Waals surface area contributed by atoms with E-state index in [1.807, 2.05) is 38.1 Å². The third kappa shape index (κ3) is 1.95. The molecule has 0 atom stereocenters. The van der Waals surface area contributed by atoms with Crippen molar-refractivity contribution in [1.82, 2.24) is 9.97 Å². The quantitative estimate of drug-likeness (QED) is 0.760. The lowest BCUT2D eigenvalue weighted by molar-refractivity contribution is 0.579. The van der Waals surface area contributed by atoms with E-state index in [1.165, 1.54) is 0 Å². The van der Waals surface area contributed by atoms with Gasteiger partial charge in [0.2, 0.25) is 0 Å². The summed E-state index contributed by atoms with van der Waals surface area (Å²) in [4.78, 5) is 8.90. The van der Waals surface area contributed by atoms with Crippen molar-refractivity contribution in [1.29, 1.82) is 0 Å². The smallest absolute Gasteiger partial charge is 0.165 e. The summed E-state index contributed by atoms with van der Waals surface area (Å²) in [7, 11) is 0. The standard InChI is InChI=1S/C15H15N3O/c1-3-10-8-13(16)18-15(17-10)14-9(2)19-12-7-5-4-6-11(12)14/h4-8H,3H2,1-2H3,(H2,16,17,18). The third-order valence-electron chi connectivity index (χ3n) is 3.16. The van der Waals surface area contributed by atoms with E-state index in [2.05, 4.69) is 9.97 Å². The molecular weight excluding hydrogens is 238 g/mol. The highest BCUT2D eigenvalue weighted by Crippen LogP contribution is 2.32. The highest BCUT2D eigenvalue weighted by Gasteiger charge is 2.15. The largest absolute Gasteiger partial charge is 0.461 e. The van der Waals surface area contributed by atoms with Gasteiger partial charge in [0.1, 0.15) is 17.2 Å². The zero-order valence-corrected chi connectivity index (χ0v) is 11.0. The fraction of sp³-hybridized carbons (Fsp3) is 0.200. The highest BCUT2D eigenvalue weighted by atomic mass is 16.3. The van der Waals surface area contributed by atoms with E-state index in [0.717, 1.165) is 34.4 Å². The van der Waals surface area contributed by atoms with Gasteiger partial charge in [-0.15, -0.1) is 0 Å². The maximum atomic E-state index is 5.85. The number of nitrogens with zero attached hydrogens (tertiary/aromatic N) is 2. The number of benzene rings is 1. The van der Waals surface area contributed by atoms with Crippen molar-refractivity contribution < 1.29 is 4.42 Å². The molecule has 0 aliphatic carbocycles. The van der Waals surface area contributed by atoms with Gasteiger partial charge in [0.15, 0.2) is 5.82 Å². The Morgan fingerprint density at radius 1 is 1.21 bits per heavy atom. The van der Waals surface area contributed by atoms with Crippen LogP contribution in [0.2, 0.25) is 0 Å². The van der Waals surface area contributed by atoms with Gasteiger partial charge in [0.25, 0.3) is 0 Å². The Labute approximate surface area is 111 Å². The van der Waals surface area contributed by atoms with E-state index >= 15 is 0 Å². The van der Waals surface area contributed by atoms with Crippen LogP contribution < -0.4 is 5.73 Å². The number of hydrogen-bond acceptors (Lipinski definition) is 4. The zero-order chi connectivity index (χ0) is 13.4. The lowest BCUT2D eigenvalue weighted by Crippen LogP contribution is -1.99. The maximum Gasteiger partial charge on any atom is 0.165 e. The van der Waals surface area contributed by atoms with Crippen LogP contribution in [0.4, 0.5) is 5.82 Å². The first kappa shape index (κ1) is 11.7. The number of para-hydroxylation sites is 1. The highest BCUT2D eigenvalue weighted by molar-refractivity contribution is 5.93. The summed E-state index contributed by atoms with van der Waals surface area (Å²) in [6.45, 7) is 3.97. The third-order valence-corrected chi connectivity index (χ3v) is 3.16. The summed E-state index contributed by atoms with van der Waals surface area (Å²) in [5.74, 6) is 1.94.